The lowest BCUT2D eigenvalue weighted by Crippen LogP contribution is -2.35. The predicted molar refractivity (Wildman–Crippen MR) is 76.5 cm³/mol. The van der Waals surface area contributed by atoms with Gasteiger partial charge in [0, 0.05) is 12.3 Å². The van der Waals surface area contributed by atoms with Gasteiger partial charge in [-0.15, -0.1) is 0 Å². The summed E-state index contributed by atoms with van der Waals surface area (Å²) < 4.78 is 37.1. The van der Waals surface area contributed by atoms with Crippen LogP contribution in [0.25, 0.3) is 0 Å². The Hall–Kier alpha value is -0.940. The fraction of sp³-hybridized carbons (Fsp3) is 0.571. The van der Waals surface area contributed by atoms with Crippen LogP contribution in [0.15, 0.2) is 18.2 Å². The van der Waals surface area contributed by atoms with Crippen LogP contribution >= 0.6 is 0 Å². The molecule has 0 spiro atoms. The quantitative estimate of drug-likeness (QED) is 0.875. The van der Waals surface area contributed by atoms with E-state index in [0.29, 0.717) is 17.7 Å². The third kappa shape index (κ3) is 4.28. The first-order valence-electron chi connectivity index (χ1n) is 6.45. The Bertz CT molecular complexity index is 528. The van der Waals surface area contributed by atoms with E-state index < -0.39 is 15.1 Å². The van der Waals surface area contributed by atoms with Crippen LogP contribution in [0.3, 0.4) is 0 Å². The van der Waals surface area contributed by atoms with Gasteiger partial charge >= 0.3 is 0 Å². The first-order chi connectivity index (χ1) is 8.77. The number of halogens is 1. The number of rotatable bonds is 6. The summed E-state index contributed by atoms with van der Waals surface area (Å²) in [5.74, 6) is -0.304. The molecule has 0 saturated heterocycles. The molecule has 2 atom stereocenters. The molecule has 19 heavy (non-hydrogen) atoms. The van der Waals surface area contributed by atoms with Crippen molar-refractivity contribution in [3.8, 4) is 0 Å². The molecular formula is C14H22FNO2S. The largest absolute Gasteiger partial charge is 0.309 e. The van der Waals surface area contributed by atoms with Gasteiger partial charge in [-0.3, -0.25) is 0 Å². The van der Waals surface area contributed by atoms with Crippen LogP contribution in [-0.4, -0.2) is 26.5 Å². The van der Waals surface area contributed by atoms with Crippen molar-refractivity contribution in [3.63, 3.8) is 0 Å². The van der Waals surface area contributed by atoms with Crippen molar-refractivity contribution in [2.45, 2.75) is 38.5 Å². The van der Waals surface area contributed by atoms with Gasteiger partial charge < -0.3 is 5.32 Å². The van der Waals surface area contributed by atoms with Crippen molar-refractivity contribution in [2.75, 3.05) is 12.8 Å². The lowest BCUT2D eigenvalue weighted by Gasteiger charge is -2.24. The molecule has 108 valence electrons. The molecule has 0 aliphatic heterocycles. The number of hydrogen-bond donors (Lipinski definition) is 1. The van der Waals surface area contributed by atoms with Crippen LogP contribution in [0.5, 0.6) is 0 Å². The van der Waals surface area contributed by atoms with E-state index >= 15 is 0 Å². The second-order valence-electron chi connectivity index (χ2n) is 4.98. The topological polar surface area (TPSA) is 46.2 Å². The fourth-order valence-electron chi connectivity index (χ4n) is 1.90. The van der Waals surface area contributed by atoms with Gasteiger partial charge in [-0.1, -0.05) is 19.1 Å². The Balaban J connectivity index is 3.12. The molecule has 0 aliphatic rings. The maximum atomic E-state index is 13.6. The maximum Gasteiger partial charge on any atom is 0.151 e. The van der Waals surface area contributed by atoms with E-state index in [1.54, 1.807) is 26.0 Å². The highest BCUT2D eigenvalue weighted by molar-refractivity contribution is 7.91. The normalized spacial score (nSPS) is 15.2. The summed E-state index contributed by atoms with van der Waals surface area (Å²) in [6.07, 6.45) is 2.10. The van der Waals surface area contributed by atoms with Crippen LogP contribution in [0, 0.1) is 12.7 Å². The molecule has 2 unspecified atom stereocenters. The summed E-state index contributed by atoms with van der Waals surface area (Å²) in [6.45, 7) is 6.04. The number of hydrogen-bond acceptors (Lipinski definition) is 3. The summed E-state index contributed by atoms with van der Waals surface area (Å²) in [5.41, 5.74) is 1.24. The molecule has 0 aromatic heterocycles. The van der Waals surface area contributed by atoms with Crippen molar-refractivity contribution in [1.82, 2.24) is 5.32 Å². The molecule has 0 aliphatic carbocycles. The number of sulfone groups is 1. The number of benzene rings is 1. The first kappa shape index (κ1) is 16.1. The standard InChI is InChI=1S/C14H22FNO2S/c1-5-8-16-14(11(3)19(4,17)18)12-7-6-10(2)13(15)9-12/h6-7,9,11,14,16H,5,8H2,1-4H3. The molecule has 0 bridgehead atoms. The van der Waals surface area contributed by atoms with E-state index in [0.717, 1.165) is 6.42 Å². The lowest BCUT2D eigenvalue weighted by molar-refractivity contribution is 0.497. The van der Waals surface area contributed by atoms with Gasteiger partial charge in [0.2, 0.25) is 0 Å². The van der Waals surface area contributed by atoms with Crippen LogP contribution < -0.4 is 5.32 Å². The number of aryl methyl sites for hydroxylation is 1. The second kappa shape index (κ2) is 6.48. The van der Waals surface area contributed by atoms with Gasteiger partial charge in [-0.25, -0.2) is 12.8 Å². The van der Waals surface area contributed by atoms with Gasteiger partial charge in [0.15, 0.2) is 9.84 Å². The van der Waals surface area contributed by atoms with Gasteiger partial charge in [0.05, 0.1) is 5.25 Å². The summed E-state index contributed by atoms with van der Waals surface area (Å²) in [7, 11) is -3.19. The van der Waals surface area contributed by atoms with Crippen molar-refractivity contribution < 1.29 is 12.8 Å². The van der Waals surface area contributed by atoms with Crippen molar-refractivity contribution in [3.05, 3.63) is 35.1 Å². The van der Waals surface area contributed by atoms with Crippen LogP contribution in [0.2, 0.25) is 0 Å². The zero-order valence-electron chi connectivity index (χ0n) is 11.9. The Labute approximate surface area is 115 Å². The van der Waals surface area contributed by atoms with E-state index in [2.05, 4.69) is 5.32 Å². The predicted octanol–water partition coefficient (Wildman–Crippen LogP) is 2.61. The molecule has 0 radical (unpaired) electrons. The van der Waals surface area contributed by atoms with Crippen molar-refractivity contribution in [1.29, 1.82) is 0 Å². The highest BCUT2D eigenvalue weighted by Crippen LogP contribution is 2.23. The van der Waals surface area contributed by atoms with Gasteiger partial charge in [-0.2, -0.15) is 0 Å². The third-order valence-electron chi connectivity index (χ3n) is 3.31. The third-order valence-corrected chi connectivity index (χ3v) is 4.94. The molecule has 3 nitrogen and oxygen atoms in total. The monoisotopic (exact) mass is 287 g/mol. The van der Waals surface area contributed by atoms with Crippen LogP contribution in [0.1, 0.15) is 37.4 Å². The van der Waals surface area contributed by atoms with E-state index in [-0.39, 0.29) is 11.9 Å². The minimum Gasteiger partial charge on any atom is -0.309 e. The Morgan fingerprint density at radius 2 is 2.00 bits per heavy atom. The molecular weight excluding hydrogens is 265 g/mol. The van der Waals surface area contributed by atoms with Gasteiger partial charge in [-0.05, 0) is 44.0 Å². The minimum atomic E-state index is -3.19. The number of nitrogens with one attached hydrogen (secondary N) is 1. The minimum absolute atomic E-state index is 0.304. The molecule has 1 N–H and O–H groups in total. The van der Waals surface area contributed by atoms with Crippen LogP contribution in [-0.2, 0) is 9.84 Å². The zero-order chi connectivity index (χ0) is 14.6. The Morgan fingerprint density at radius 1 is 1.37 bits per heavy atom. The molecule has 1 aromatic carbocycles. The molecule has 0 amide bonds. The SMILES string of the molecule is CCCNC(c1ccc(C)c(F)c1)C(C)S(C)(=O)=O. The first-order valence-corrected chi connectivity index (χ1v) is 8.41. The average molecular weight is 287 g/mol. The molecule has 1 aromatic rings. The summed E-state index contributed by atoms with van der Waals surface area (Å²) in [6, 6.07) is 4.50. The summed E-state index contributed by atoms with van der Waals surface area (Å²) in [5, 5.41) is 2.60. The van der Waals surface area contributed by atoms with Gasteiger partial charge in [0.1, 0.15) is 5.82 Å². The van der Waals surface area contributed by atoms with Gasteiger partial charge in [0.25, 0.3) is 0 Å². The maximum absolute atomic E-state index is 13.6. The lowest BCUT2D eigenvalue weighted by atomic mass is 10.0. The summed E-state index contributed by atoms with van der Waals surface area (Å²) >= 11 is 0. The second-order valence-corrected chi connectivity index (χ2v) is 7.38. The molecule has 0 fully saturated rings. The molecule has 0 heterocycles. The molecule has 5 heteroatoms. The smallest absolute Gasteiger partial charge is 0.151 e. The Morgan fingerprint density at radius 3 is 2.47 bits per heavy atom. The Kier molecular flexibility index (Phi) is 5.50. The average Bonchev–Trinajstić information content (AvgIpc) is 2.32. The van der Waals surface area contributed by atoms with Crippen molar-refractivity contribution >= 4 is 9.84 Å². The highest BCUT2D eigenvalue weighted by Gasteiger charge is 2.27. The highest BCUT2D eigenvalue weighted by atomic mass is 32.2. The van der Waals surface area contributed by atoms with E-state index in [1.807, 2.05) is 6.92 Å². The zero-order valence-corrected chi connectivity index (χ0v) is 12.7. The molecule has 1 rings (SSSR count). The molecule has 0 saturated carbocycles. The van der Waals surface area contributed by atoms with Crippen LogP contribution in [0.4, 0.5) is 4.39 Å². The van der Waals surface area contributed by atoms with E-state index in [1.165, 1.54) is 12.3 Å². The van der Waals surface area contributed by atoms with E-state index in [9.17, 15) is 12.8 Å². The van der Waals surface area contributed by atoms with Crippen molar-refractivity contribution in [2.24, 2.45) is 0 Å². The fourth-order valence-corrected chi connectivity index (χ4v) is 2.65. The van der Waals surface area contributed by atoms with E-state index in [4.69, 9.17) is 0 Å². The summed E-state index contributed by atoms with van der Waals surface area (Å²) in [4.78, 5) is 0.